The van der Waals surface area contributed by atoms with Gasteiger partial charge in [-0.15, -0.1) is 10.2 Å². The first-order valence-corrected chi connectivity index (χ1v) is 12.3. The summed E-state index contributed by atoms with van der Waals surface area (Å²) in [5, 5.41) is 10.9. The van der Waals surface area contributed by atoms with E-state index in [0.717, 1.165) is 18.5 Å². The van der Waals surface area contributed by atoms with Crippen molar-refractivity contribution in [2.75, 3.05) is 5.73 Å². The Hall–Kier alpha value is -4.67. The number of nitrogen functional groups attached to an aromatic ring is 1. The van der Waals surface area contributed by atoms with Gasteiger partial charge in [-0.1, -0.05) is 50.2 Å². The van der Waals surface area contributed by atoms with E-state index in [-0.39, 0.29) is 24.2 Å². The lowest BCUT2D eigenvalue weighted by Crippen LogP contribution is -2.46. The number of aromatic nitrogens is 5. The smallest absolute Gasteiger partial charge is 0.294 e. The van der Waals surface area contributed by atoms with Crippen molar-refractivity contribution in [3.8, 4) is 11.3 Å². The van der Waals surface area contributed by atoms with Gasteiger partial charge in [-0.3, -0.25) is 23.9 Å². The summed E-state index contributed by atoms with van der Waals surface area (Å²) < 4.78 is 7.07. The molecule has 3 heterocycles. The highest BCUT2D eigenvalue weighted by Gasteiger charge is 2.52. The van der Waals surface area contributed by atoms with Gasteiger partial charge in [0, 0.05) is 6.20 Å². The summed E-state index contributed by atoms with van der Waals surface area (Å²) in [6.07, 6.45) is 4.72. The quantitative estimate of drug-likeness (QED) is 0.320. The summed E-state index contributed by atoms with van der Waals surface area (Å²) in [5.74, 6) is -1.42. The van der Waals surface area contributed by atoms with Gasteiger partial charge in [0.2, 0.25) is 17.6 Å². The molecule has 0 bridgehead atoms. The fraction of sp³-hybridized carbons (Fsp3) is 0.296. The van der Waals surface area contributed by atoms with E-state index >= 15 is 0 Å². The molecule has 38 heavy (non-hydrogen) atoms. The van der Waals surface area contributed by atoms with Crippen LogP contribution in [0.2, 0.25) is 0 Å². The SMILES string of the molecule is CC(C)C(NC(=O)Cn1c(-c2ccccc2)cnc(N)c1=O)C(=O)c1nnc(C2(c3ccccn3)CC2)o1. The van der Waals surface area contributed by atoms with Crippen molar-refractivity contribution >= 4 is 17.5 Å². The van der Waals surface area contributed by atoms with Crippen molar-refractivity contribution in [3.05, 3.63) is 88.8 Å². The second kappa shape index (κ2) is 10.0. The van der Waals surface area contributed by atoms with Crippen molar-refractivity contribution in [1.82, 2.24) is 30.0 Å². The number of nitrogens with one attached hydrogen (secondary N) is 1. The Labute approximate surface area is 218 Å². The third kappa shape index (κ3) is 4.70. The number of carbonyl (C=O) groups is 2. The van der Waals surface area contributed by atoms with E-state index in [1.54, 1.807) is 32.2 Å². The zero-order chi connectivity index (χ0) is 26.9. The zero-order valence-electron chi connectivity index (χ0n) is 21.0. The molecule has 194 valence electrons. The molecule has 1 aromatic carbocycles. The predicted molar refractivity (Wildman–Crippen MR) is 138 cm³/mol. The summed E-state index contributed by atoms with van der Waals surface area (Å²) in [4.78, 5) is 47.6. The van der Waals surface area contributed by atoms with E-state index in [2.05, 4.69) is 25.5 Å². The Bertz CT molecular complexity index is 1530. The van der Waals surface area contributed by atoms with Crippen LogP contribution in [-0.4, -0.2) is 42.5 Å². The monoisotopic (exact) mass is 513 g/mol. The molecule has 1 fully saturated rings. The maximum absolute atomic E-state index is 13.4. The lowest BCUT2D eigenvalue weighted by atomic mass is 9.99. The molecule has 1 amide bonds. The number of rotatable bonds is 9. The van der Waals surface area contributed by atoms with Crippen LogP contribution in [0, 0.1) is 5.92 Å². The summed E-state index contributed by atoms with van der Waals surface area (Å²) >= 11 is 0. The van der Waals surface area contributed by atoms with Gasteiger partial charge in [-0.25, -0.2) is 4.98 Å². The van der Waals surface area contributed by atoms with Crippen LogP contribution in [0.5, 0.6) is 0 Å². The van der Waals surface area contributed by atoms with Gasteiger partial charge in [0.25, 0.3) is 11.4 Å². The summed E-state index contributed by atoms with van der Waals surface area (Å²) in [6.45, 7) is 3.23. The predicted octanol–water partition coefficient (Wildman–Crippen LogP) is 2.37. The van der Waals surface area contributed by atoms with E-state index in [4.69, 9.17) is 10.2 Å². The molecule has 5 rings (SSSR count). The Morgan fingerprint density at radius 3 is 2.47 bits per heavy atom. The molecule has 1 saturated carbocycles. The third-order valence-corrected chi connectivity index (χ3v) is 6.67. The number of nitrogens with zero attached hydrogens (tertiary/aromatic N) is 5. The highest BCUT2D eigenvalue weighted by atomic mass is 16.4. The maximum Gasteiger partial charge on any atom is 0.294 e. The second-order valence-corrected chi connectivity index (χ2v) is 9.65. The van der Waals surface area contributed by atoms with E-state index in [9.17, 15) is 14.4 Å². The molecule has 1 aliphatic rings. The number of benzene rings is 1. The number of anilines is 1. The molecule has 0 aliphatic heterocycles. The largest absolute Gasteiger partial charge is 0.417 e. The number of amides is 1. The zero-order valence-corrected chi connectivity index (χ0v) is 21.0. The molecule has 0 spiro atoms. The summed E-state index contributed by atoms with van der Waals surface area (Å²) in [7, 11) is 0. The molecule has 3 aromatic heterocycles. The van der Waals surface area contributed by atoms with Crippen molar-refractivity contribution in [1.29, 1.82) is 0 Å². The average molecular weight is 514 g/mol. The first-order valence-electron chi connectivity index (χ1n) is 12.3. The number of ketones is 1. The van der Waals surface area contributed by atoms with Crippen molar-refractivity contribution in [2.24, 2.45) is 5.92 Å². The molecule has 0 radical (unpaired) electrons. The molecule has 0 saturated heterocycles. The highest BCUT2D eigenvalue weighted by Crippen LogP contribution is 2.52. The lowest BCUT2D eigenvalue weighted by molar-refractivity contribution is -0.122. The maximum atomic E-state index is 13.4. The summed E-state index contributed by atoms with van der Waals surface area (Å²) in [6, 6.07) is 13.7. The topological polar surface area (TPSA) is 159 Å². The van der Waals surface area contributed by atoms with E-state index in [0.29, 0.717) is 17.1 Å². The Morgan fingerprint density at radius 1 is 1.08 bits per heavy atom. The molecular formula is C27H27N7O4. The number of pyridine rings is 1. The van der Waals surface area contributed by atoms with Crippen molar-refractivity contribution in [2.45, 2.75) is 44.7 Å². The van der Waals surface area contributed by atoms with Crippen LogP contribution >= 0.6 is 0 Å². The molecular weight excluding hydrogens is 486 g/mol. The van der Waals surface area contributed by atoms with Crippen LogP contribution in [0.1, 0.15) is 49.0 Å². The first-order chi connectivity index (χ1) is 18.3. The number of Topliss-reactive ketones (excluding diaryl/α,β-unsaturated/α-hetero) is 1. The van der Waals surface area contributed by atoms with E-state index in [1.165, 1.54) is 10.8 Å². The molecule has 1 atom stereocenters. The number of nitrogens with two attached hydrogens (primary N) is 1. The Balaban J connectivity index is 1.36. The van der Waals surface area contributed by atoms with Crippen LogP contribution in [-0.2, 0) is 16.8 Å². The van der Waals surface area contributed by atoms with Gasteiger partial charge in [0.15, 0.2) is 5.82 Å². The number of hydrogen-bond donors (Lipinski definition) is 2. The fourth-order valence-corrected chi connectivity index (χ4v) is 4.40. The molecule has 3 N–H and O–H groups in total. The first kappa shape index (κ1) is 25.0. The van der Waals surface area contributed by atoms with Gasteiger partial charge in [-0.2, -0.15) is 0 Å². The molecule has 11 nitrogen and oxygen atoms in total. The van der Waals surface area contributed by atoms with E-state index in [1.807, 2.05) is 36.4 Å². The van der Waals surface area contributed by atoms with Crippen molar-refractivity contribution in [3.63, 3.8) is 0 Å². The lowest BCUT2D eigenvalue weighted by Gasteiger charge is -2.20. The van der Waals surface area contributed by atoms with Gasteiger partial charge in [-0.05, 0) is 36.5 Å². The van der Waals surface area contributed by atoms with Crippen molar-refractivity contribution < 1.29 is 14.0 Å². The van der Waals surface area contributed by atoms with Gasteiger partial charge in [0.1, 0.15) is 6.54 Å². The molecule has 1 aliphatic carbocycles. The fourth-order valence-electron chi connectivity index (χ4n) is 4.40. The van der Waals surface area contributed by atoms with Crippen LogP contribution in [0.4, 0.5) is 5.82 Å². The highest BCUT2D eigenvalue weighted by molar-refractivity contribution is 5.98. The second-order valence-electron chi connectivity index (χ2n) is 9.65. The Kier molecular flexibility index (Phi) is 6.58. The standard InChI is InChI=1S/C27H27N7O4/c1-16(2)21(22(36)24-32-33-26(38-24)27(11-12-27)19-10-6-7-13-29-19)31-20(35)15-34-18(14-30-23(28)25(34)37)17-8-4-3-5-9-17/h3-10,13-14,16,21H,11-12,15H2,1-2H3,(H2,28,30)(H,31,35). The van der Waals surface area contributed by atoms with Crippen LogP contribution in [0.15, 0.2) is 70.1 Å². The van der Waals surface area contributed by atoms with Gasteiger partial charge >= 0.3 is 0 Å². The molecule has 11 heteroatoms. The molecule has 1 unspecified atom stereocenters. The average Bonchev–Trinajstić information content (AvgIpc) is 3.59. The van der Waals surface area contributed by atoms with Crippen LogP contribution in [0.3, 0.4) is 0 Å². The van der Waals surface area contributed by atoms with Gasteiger partial charge < -0.3 is 15.5 Å². The van der Waals surface area contributed by atoms with Gasteiger partial charge in [0.05, 0.1) is 29.0 Å². The number of hydrogen-bond acceptors (Lipinski definition) is 9. The summed E-state index contributed by atoms with van der Waals surface area (Å²) in [5.41, 5.74) is 6.59. The Morgan fingerprint density at radius 2 is 1.82 bits per heavy atom. The van der Waals surface area contributed by atoms with E-state index < -0.39 is 28.7 Å². The normalized spacial score (nSPS) is 14.7. The third-order valence-electron chi connectivity index (χ3n) is 6.67. The minimum absolute atomic E-state index is 0.184. The minimum Gasteiger partial charge on any atom is -0.417 e. The van der Waals surface area contributed by atoms with Crippen LogP contribution < -0.4 is 16.6 Å². The number of carbonyl (C=O) groups excluding carboxylic acids is 2. The van der Waals surface area contributed by atoms with Crippen LogP contribution in [0.25, 0.3) is 11.3 Å². The molecule has 4 aromatic rings. The minimum atomic E-state index is -0.948.